The van der Waals surface area contributed by atoms with Crippen LogP contribution in [-0.2, 0) is 17.4 Å². The largest absolute Gasteiger partial charge is 0.419 e. The first-order chi connectivity index (χ1) is 11.8. The molecule has 1 heterocycles. The Labute approximate surface area is 143 Å². The van der Waals surface area contributed by atoms with Gasteiger partial charge in [-0.15, -0.1) is 10.2 Å². The molecule has 1 aromatic carbocycles. The molecule has 1 amide bonds. The number of benzene rings is 1. The third-order valence-electron chi connectivity index (χ3n) is 2.99. The van der Waals surface area contributed by atoms with E-state index in [1.165, 1.54) is 6.07 Å². The van der Waals surface area contributed by atoms with Crippen molar-refractivity contribution in [2.75, 3.05) is 5.32 Å². The van der Waals surface area contributed by atoms with Gasteiger partial charge < -0.3 is 0 Å². The first-order valence-corrected chi connectivity index (χ1v) is 7.69. The Morgan fingerprint density at radius 2 is 2.12 bits per heavy atom. The van der Waals surface area contributed by atoms with Crippen molar-refractivity contribution in [3.63, 3.8) is 0 Å². The predicted molar refractivity (Wildman–Crippen MR) is 82.9 cm³/mol. The molecule has 0 atom stereocenters. The van der Waals surface area contributed by atoms with Gasteiger partial charge in [-0.1, -0.05) is 30.4 Å². The molecule has 0 spiro atoms. The number of anilines is 1. The van der Waals surface area contributed by atoms with Crippen molar-refractivity contribution in [1.29, 1.82) is 5.26 Å². The van der Waals surface area contributed by atoms with Gasteiger partial charge in [0.25, 0.3) is 5.91 Å². The number of alkyl halides is 3. The maximum absolute atomic E-state index is 14.0. The number of hydrogen-bond donors (Lipinski definition) is 1. The van der Waals surface area contributed by atoms with Gasteiger partial charge in [-0.3, -0.25) is 10.1 Å². The Morgan fingerprint density at radius 1 is 1.40 bits per heavy atom. The van der Waals surface area contributed by atoms with Crippen LogP contribution in [0.4, 0.5) is 22.7 Å². The average molecular weight is 370 g/mol. The number of aromatic nitrogens is 2. The summed E-state index contributed by atoms with van der Waals surface area (Å²) in [5.74, 6) is -2.47. The second-order valence-electron chi connectivity index (χ2n) is 4.68. The summed E-state index contributed by atoms with van der Waals surface area (Å²) in [6, 6.07) is 4.14. The quantitative estimate of drug-likeness (QED) is 0.504. The Morgan fingerprint density at radius 3 is 2.68 bits per heavy atom. The Balaban J connectivity index is 2.31. The minimum absolute atomic E-state index is 0.132. The van der Waals surface area contributed by atoms with Crippen LogP contribution in [0.2, 0.25) is 0 Å². The van der Waals surface area contributed by atoms with E-state index in [2.05, 4.69) is 15.5 Å². The standard InChI is InChI=1S/C15H10F4N4OS/c1-2-11-22-23-14(25-11)21-13(24)9(7-20)6-8-4-3-5-10(12(8)16)15(17,18)19/h3-6H,2H2,1H3,(H,21,23,24)/b9-6+. The highest BCUT2D eigenvalue weighted by Gasteiger charge is 2.34. The fourth-order valence-electron chi connectivity index (χ4n) is 1.80. The molecule has 5 nitrogen and oxygen atoms in total. The molecule has 10 heteroatoms. The van der Waals surface area contributed by atoms with E-state index in [0.29, 0.717) is 17.5 Å². The topological polar surface area (TPSA) is 78.7 Å². The molecule has 0 fully saturated rings. The highest BCUT2D eigenvalue weighted by Crippen LogP contribution is 2.33. The van der Waals surface area contributed by atoms with Crippen LogP contribution in [0.5, 0.6) is 0 Å². The van der Waals surface area contributed by atoms with E-state index in [9.17, 15) is 22.4 Å². The third-order valence-corrected chi connectivity index (χ3v) is 3.97. The van der Waals surface area contributed by atoms with Crippen LogP contribution in [0.3, 0.4) is 0 Å². The molecular formula is C15H10F4N4OS. The lowest BCUT2D eigenvalue weighted by Gasteiger charge is -2.09. The van der Waals surface area contributed by atoms with E-state index in [-0.39, 0.29) is 5.13 Å². The van der Waals surface area contributed by atoms with Gasteiger partial charge in [-0.25, -0.2) is 4.39 Å². The lowest BCUT2D eigenvalue weighted by Crippen LogP contribution is -2.14. The van der Waals surface area contributed by atoms with Crippen LogP contribution in [-0.4, -0.2) is 16.1 Å². The summed E-state index contributed by atoms with van der Waals surface area (Å²) in [5, 5.41) is 19.6. The van der Waals surface area contributed by atoms with Crippen LogP contribution in [0, 0.1) is 17.1 Å². The van der Waals surface area contributed by atoms with Crippen molar-refractivity contribution in [2.24, 2.45) is 0 Å². The Hall–Kier alpha value is -2.80. The number of rotatable bonds is 4. The second-order valence-corrected chi connectivity index (χ2v) is 5.75. The van der Waals surface area contributed by atoms with Gasteiger partial charge in [-0.2, -0.15) is 18.4 Å². The Kier molecular flexibility index (Phi) is 5.48. The first kappa shape index (κ1) is 18.5. The minimum atomic E-state index is -4.88. The Bertz CT molecular complexity index is 867. The zero-order valence-corrected chi connectivity index (χ0v) is 13.5. The minimum Gasteiger partial charge on any atom is -0.296 e. The maximum atomic E-state index is 14.0. The molecule has 1 N–H and O–H groups in total. The average Bonchev–Trinajstić information content (AvgIpc) is 3.00. The molecule has 0 unspecified atom stereocenters. The van der Waals surface area contributed by atoms with Crippen LogP contribution < -0.4 is 5.32 Å². The fraction of sp³-hybridized carbons (Fsp3) is 0.200. The third kappa shape index (κ3) is 4.39. The molecule has 2 aromatic rings. The lowest BCUT2D eigenvalue weighted by atomic mass is 10.1. The van der Waals surface area contributed by atoms with E-state index < -0.39 is 34.6 Å². The molecule has 0 aliphatic rings. The van der Waals surface area contributed by atoms with Gasteiger partial charge in [0.2, 0.25) is 5.13 Å². The first-order valence-electron chi connectivity index (χ1n) is 6.87. The van der Waals surface area contributed by atoms with E-state index in [4.69, 9.17) is 5.26 Å². The van der Waals surface area contributed by atoms with Gasteiger partial charge >= 0.3 is 6.18 Å². The van der Waals surface area contributed by atoms with Gasteiger partial charge in [0.15, 0.2) is 0 Å². The summed E-state index contributed by atoms with van der Waals surface area (Å²) in [7, 11) is 0. The number of nitrogens with one attached hydrogen (secondary N) is 1. The number of aryl methyl sites for hydroxylation is 1. The summed E-state index contributed by atoms with van der Waals surface area (Å²) in [5.41, 5.74) is -2.56. The molecular weight excluding hydrogens is 360 g/mol. The number of carbonyl (C=O) groups excluding carboxylic acids is 1. The number of halogens is 4. The van der Waals surface area contributed by atoms with E-state index in [1.807, 2.05) is 6.92 Å². The molecule has 0 aliphatic carbocycles. The summed E-state index contributed by atoms with van der Waals surface area (Å²) in [6.07, 6.45) is -3.53. The monoisotopic (exact) mass is 370 g/mol. The number of nitriles is 1. The van der Waals surface area contributed by atoms with E-state index in [0.717, 1.165) is 29.5 Å². The van der Waals surface area contributed by atoms with Crippen molar-refractivity contribution >= 4 is 28.5 Å². The highest BCUT2D eigenvalue weighted by molar-refractivity contribution is 7.15. The number of hydrogen-bond acceptors (Lipinski definition) is 5. The van der Waals surface area contributed by atoms with Gasteiger partial charge in [0, 0.05) is 5.56 Å². The normalized spacial score (nSPS) is 11.9. The van der Waals surface area contributed by atoms with Crippen molar-refractivity contribution in [2.45, 2.75) is 19.5 Å². The molecule has 130 valence electrons. The molecule has 25 heavy (non-hydrogen) atoms. The summed E-state index contributed by atoms with van der Waals surface area (Å²) in [4.78, 5) is 12.0. The summed E-state index contributed by atoms with van der Waals surface area (Å²) >= 11 is 1.09. The smallest absolute Gasteiger partial charge is 0.296 e. The van der Waals surface area contributed by atoms with Crippen molar-refractivity contribution in [3.8, 4) is 6.07 Å². The molecule has 0 saturated heterocycles. The van der Waals surface area contributed by atoms with E-state index >= 15 is 0 Å². The fourth-order valence-corrected chi connectivity index (χ4v) is 2.47. The second kappa shape index (κ2) is 7.40. The molecule has 0 bridgehead atoms. The SMILES string of the molecule is CCc1nnc(NC(=O)/C(C#N)=C/c2cccc(C(F)(F)F)c2F)s1. The zero-order chi connectivity index (χ0) is 18.6. The van der Waals surface area contributed by atoms with Gasteiger partial charge in [-0.05, 0) is 18.6 Å². The zero-order valence-electron chi connectivity index (χ0n) is 12.7. The predicted octanol–water partition coefficient (Wildman–Crippen LogP) is 3.80. The number of nitrogens with zero attached hydrogens (tertiary/aromatic N) is 3. The number of amides is 1. The molecule has 0 saturated carbocycles. The van der Waals surface area contributed by atoms with Crippen molar-refractivity contribution in [3.05, 3.63) is 45.7 Å². The maximum Gasteiger partial charge on any atom is 0.419 e. The van der Waals surface area contributed by atoms with Gasteiger partial charge in [0.05, 0.1) is 5.56 Å². The summed E-state index contributed by atoms with van der Waals surface area (Å²) < 4.78 is 52.1. The lowest BCUT2D eigenvalue weighted by molar-refractivity contribution is -0.140. The van der Waals surface area contributed by atoms with Crippen LogP contribution in [0.25, 0.3) is 6.08 Å². The van der Waals surface area contributed by atoms with Crippen LogP contribution in [0.1, 0.15) is 23.1 Å². The summed E-state index contributed by atoms with van der Waals surface area (Å²) in [6.45, 7) is 1.84. The van der Waals surface area contributed by atoms with E-state index in [1.54, 1.807) is 0 Å². The van der Waals surface area contributed by atoms with Crippen molar-refractivity contribution < 1.29 is 22.4 Å². The number of carbonyl (C=O) groups is 1. The van der Waals surface area contributed by atoms with Crippen LogP contribution >= 0.6 is 11.3 Å². The van der Waals surface area contributed by atoms with Gasteiger partial charge in [0.1, 0.15) is 22.5 Å². The molecule has 0 aliphatic heterocycles. The van der Waals surface area contributed by atoms with Crippen LogP contribution in [0.15, 0.2) is 23.8 Å². The molecule has 2 rings (SSSR count). The molecule has 0 radical (unpaired) electrons. The molecule has 1 aromatic heterocycles. The van der Waals surface area contributed by atoms with Crippen molar-refractivity contribution in [1.82, 2.24) is 10.2 Å². The highest BCUT2D eigenvalue weighted by atomic mass is 32.1.